The third kappa shape index (κ3) is 4.49. The van der Waals surface area contributed by atoms with E-state index in [1.807, 2.05) is 36.4 Å². The van der Waals surface area contributed by atoms with Crippen molar-refractivity contribution in [2.24, 2.45) is 0 Å². The highest BCUT2D eigenvalue weighted by molar-refractivity contribution is 5.93. The first-order valence-corrected chi connectivity index (χ1v) is 9.97. The summed E-state index contributed by atoms with van der Waals surface area (Å²) in [7, 11) is 0. The van der Waals surface area contributed by atoms with E-state index in [1.165, 1.54) is 43.5 Å². The third-order valence-electron chi connectivity index (χ3n) is 5.27. The van der Waals surface area contributed by atoms with Gasteiger partial charge in [0.2, 0.25) is 0 Å². The molecule has 3 aromatic rings. The van der Waals surface area contributed by atoms with Gasteiger partial charge in [-0.2, -0.15) is 5.10 Å². The summed E-state index contributed by atoms with van der Waals surface area (Å²) in [5.74, 6) is -0.102. The van der Waals surface area contributed by atoms with Crippen LogP contribution < -0.4 is 5.32 Å². The van der Waals surface area contributed by atoms with Gasteiger partial charge in [0.15, 0.2) is 0 Å². The molecule has 1 saturated heterocycles. The second kappa shape index (κ2) is 8.85. The quantitative estimate of drug-likeness (QED) is 0.714. The van der Waals surface area contributed by atoms with Crippen molar-refractivity contribution in [1.29, 1.82) is 0 Å². The maximum Gasteiger partial charge on any atom is 0.254 e. The largest absolute Gasteiger partial charge is 0.348 e. The van der Waals surface area contributed by atoms with Crippen molar-refractivity contribution in [2.45, 2.75) is 32.4 Å². The molecule has 4 rings (SSSR count). The van der Waals surface area contributed by atoms with Gasteiger partial charge in [-0.15, -0.1) is 0 Å². The number of nitrogens with one attached hydrogen (secondary N) is 1. The lowest BCUT2D eigenvalue weighted by atomic mass is 10.0. The molecule has 5 nitrogen and oxygen atoms in total. The Morgan fingerprint density at radius 1 is 0.929 bits per heavy atom. The number of amides is 1. The molecule has 5 heteroatoms. The Morgan fingerprint density at radius 2 is 1.64 bits per heavy atom. The Kier molecular flexibility index (Phi) is 5.83. The second-order valence-electron chi connectivity index (χ2n) is 7.30. The van der Waals surface area contributed by atoms with Crippen molar-refractivity contribution in [1.82, 2.24) is 20.0 Å². The zero-order chi connectivity index (χ0) is 19.2. The summed E-state index contributed by atoms with van der Waals surface area (Å²) in [4.78, 5) is 15.1. The van der Waals surface area contributed by atoms with Crippen LogP contribution in [0.2, 0.25) is 0 Å². The smallest absolute Gasteiger partial charge is 0.254 e. The Morgan fingerprint density at radius 3 is 2.43 bits per heavy atom. The molecular weight excluding hydrogens is 348 g/mol. The molecule has 0 atom stereocenters. The van der Waals surface area contributed by atoms with Gasteiger partial charge in [-0.05, 0) is 49.2 Å². The zero-order valence-electron chi connectivity index (χ0n) is 16.1. The first-order valence-electron chi connectivity index (χ1n) is 9.97. The van der Waals surface area contributed by atoms with Crippen molar-refractivity contribution in [3.8, 4) is 5.69 Å². The normalized spacial score (nSPS) is 14.7. The lowest BCUT2D eigenvalue weighted by molar-refractivity contribution is 0.0950. The highest BCUT2D eigenvalue weighted by atomic mass is 16.1. The van der Waals surface area contributed by atoms with E-state index in [1.54, 1.807) is 17.1 Å². The van der Waals surface area contributed by atoms with Gasteiger partial charge >= 0.3 is 0 Å². The molecular formula is C23H26N4O. The van der Waals surface area contributed by atoms with Crippen LogP contribution in [0.15, 0.2) is 67.0 Å². The predicted octanol–water partition coefficient (Wildman–Crippen LogP) is 3.79. The maximum absolute atomic E-state index is 12.6. The van der Waals surface area contributed by atoms with E-state index >= 15 is 0 Å². The van der Waals surface area contributed by atoms with Gasteiger partial charge in [-0.25, -0.2) is 4.68 Å². The summed E-state index contributed by atoms with van der Waals surface area (Å²) < 4.78 is 1.72. The van der Waals surface area contributed by atoms with Crippen LogP contribution >= 0.6 is 0 Å². The van der Waals surface area contributed by atoms with E-state index in [-0.39, 0.29) is 5.91 Å². The summed E-state index contributed by atoms with van der Waals surface area (Å²) in [5.41, 5.74) is 3.98. The topological polar surface area (TPSA) is 50.2 Å². The van der Waals surface area contributed by atoms with E-state index in [0.717, 1.165) is 12.2 Å². The van der Waals surface area contributed by atoms with Crippen LogP contribution in [0.5, 0.6) is 0 Å². The molecule has 1 aliphatic rings. The summed E-state index contributed by atoms with van der Waals surface area (Å²) in [6.45, 7) is 3.82. The van der Waals surface area contributed by atoms with Crippen LogP contribution in [0.4, 0.5) is 0 Å². The monoisotopic (exact) mass is 374 g/mol. The lowest BCUT2D eigenvalue weighted by Crippen LogP contribution is -2.30. The van der Waals surface area contributed by atoms with Crippen molar-refractivity contribution >= 4 is 5.91 Å². The SMILES string of the molecule is O=C(NCc1ccccc1CN1CCCCC1)c1cnn(-c2ccccc2)c1. The maximum atomic E-state index is 12.6. The molecule has 28 heavy (non-hydrogen) atoms. The number of para-hydroxylation sites is 1. The molecule has 0 radical (unpaired) electrons. The number of nitrogens with zero attached hydrogens (tertiary/aromatic N) is 3. The Labute approximate surface area is 166 Å². The Hall–Kier alpha value is -2.92. The molecule has 1 aliphatic heterocycles. The van der Waals surface area contributed by atoms with Crippen LogP contribution in [-0.4, -0.2) is 33.7 Å². The highest BCUT2D eigenvalue weighted by Crippen LogP contribution is 2.16. The molecule has 1 N–H and O–H groups in total. The van der Waals surface area contributed by atoms with Crippen molar-refractivity contribution in [3.05, 3.63) is 83.7 Å². The van der Waals surface area contributed by atoms with Crippen LogP contribution in [0, 0.1) is 0 Å². The molecule has 0 bridgehead atoms. The Balaban J connectivity index is 1.39. The third-order valence-corrected chi connectivity index (χ3v) is 5.27. The molecule has 1 amide bonds. The molecule has 0 unspecified atom stereocenters. The average Bonchev–Trinajstić information content (AvgIpc) is 3.25. The van der Waals surface area contributed by atoms with Crippen LogP contribution in [-0.2, 0) is 13.1 Å². The summed E-state index contributed by atoms with van der Waals surface area (Å²) in [6.07, 6.45) is 7.28. The summed E-state index contributed by atoms with van der Waals surface area (Å²) in [5, 5.41) is 7.35. The standard InChI is InChI=1S/C23H26N4O/c28-23(21-16-25-27(18-21)22-11-3-1-4-12-22)24-15-19-9-5-6-10-20(19)17-26-13-7-2-8-14-26/h1,3-6,9-12,16,18H,2,7-8,13-15,17H2,(H,24,28). The van der Waals surface area contributed by atoms with Crippen LogP contribution in [0.3, 0.4) is 0 Å². The predicted molar refractivity (Wildman–Crippen MR) is 110 cm³/mol. The van der Waals surface area contributed by atoms with E-state index in [2.05, 4.69) is 33.5 Å². The number of hydrogen-bond donors (Lipinski definition) is 1. The van der Waals surface area contributed by atoms with E-state index in [0.29, 0.717) is 12.1 Å². The van der Waals surface area contributed by atoms with E-state index < -0.39 is 0 Å². The Bertz CT molecular complexity index is 913. The first-order chi connectivity index (χ1) is 13.8. The van der Waals surface area contributed by atoms with E-state index in [4.69, 9.17) is 0 Å². The molecule has 0 saturated carbocycles. The minimum atomic E-state index is -0.102. The number of piperidine rings is 1. The molecule has 2 aromatic carbocycles. The van der Waals surface area contributed by atoms with Gasteiger partial charge in [0, 0.05) is 19.3 Å². The number of rotatable bonds is 6. The lowest BCUT2D eigenvalue weighted by Gasteiger charge is -2.27. The highest BCUT2D eigenvalue weighted by Gasteiger charge is 2.14. The molecule has 0 aliphatic carbocycles. The second-order valence-corrected chi connectivity index (χ2v) is 7.30. The van der Waals surface area contributed by atoms with Crippen LogP contribution in [0.25, 0.3) is 5.69 Å². The van der Waals surface area contributed by atoms with Crippen LogP contribution in [0.1, 0.15) is 40.7 Å². The van der Waals surface area contributed by atoms with E-state index in [9.17, 15) is 4.79 Å². The fourth-order valence-corrected chi connectivity index (χ4v) is 3.68. The number of carbonyl (C=O) groups is 1. The van der Waals surface area contributed by atoms with Gasteiger partial charge in [0.05, 0.1) is 17.4 Å². The van der Waals surface area contributed by atoms with Gasteiger partial charge in [0.25, 0.3) is 5.91 Å². The van der Waals surface area contributed by atoms with Gasteiger partial charge in [-0.3, -0.25) is 9.69 Å². The minimum absolute atomic E-state index is 0.102. The fourth-order valence-electron chi connectivity index (χ4n) is 3.68. The molecule has 0 spiro atoms. The summed E-state index contributed by atoms with van der Waals surface area (Å²) >= 11 is 0. The van der Waals surface area contributed by atoms with Crippen molar-refractivity contribution in [2.75, 3.05) is 13.1 Å². The zero-order valence-corrected chi connectivity index (χ0v) is 16.1. The molecule has 1 aromatic heterocycles. The van der Waals surface area contributed by atoms with Gasteiger partial charge in [0.1, 0.15) is 0 Å². The van der Waals surface area contributed by atoms with Gasteiger partial charge < -0.3 is 5.32 Å². The molecule has 1 fully saturated rings. The number of carbonyl (C=O) groups excluding carboxylic acids is 1. The first kappa shape index (κ1) is 18.4. The van der Waals surface area contributed by atoms with Crippen molar-refractivity contribution < 1.29 is 4.79 Å². The summed E-state index contributed by atoms with van der Waals surface area (Å²) in [6, 6.07) is 18.2. The number of aromatic nitrogens is 2. The number of hydrogen-bond acceptors (Lipinski definition) is 3. The number of benzene rings is 2. The average molecular weight is 374 g/mol. The molecule has 144 valence electrons. The minimum Gasteiger partial charge on any atom is -0.348 e. The molecule has 2 heterocycles. The fraction of sp³-hybridized carbons (Fsp3) is 0.304. The van der Waals surface area contributed by atoms with Gasteiger partial charge in [-0.1, -0.05) is 48.9 Å². The number of likely N-dealkylation sites (tertiary alicyclic amines) is 1. The van der Waals surface area contributed by atoms with Crippen molar-refractivity contribution in [3.63, 3.8) is 0 Å².